The SMILES string of the molecule is CC(C)N1CCC(CNCC(=O)O)CC1. The Balaban J connectivity index is 2.12. The summed E-state index contributed by atoms with van der Waals surface area (Å²) in [6, 6.07) is 0.637. The minimum atomic E-state index is -0.769. The first kappa shape index (κ1) is 12.5. The van der Waals surface area contributed by atoms with Crippen LogP contribution in [0, 0.1) is 5.92 Å². The molecule has 1 heterocycles. The van der Waals surface area contributed by atoms with Crippen LogP contribution in [0.3, 0.4) is 0 Å². The van der Waals surface area contributed by atoms with Crippen LogP contribution in [0.25, 0.3) is 0 Å². The molecule has 15 heavy (non-hydrogen) atoms. The van der Waals surface area contributed by atoms with Crippen LogP contribution in [-0.2, 0) is 4.79 Å². The van der Waals surface area contributed by atoms with Crippen LogP contribution < -0.4 is 5.32 Å². The Bertz CT molecular complexity index is 199. The number of carbonyl (C=O) groups is 1. The predicted molar refractivity (Wildman–Crippen MR) is 59.9 cm³/mol. The summed E-state index contributed by atoms with van der Waals surface area (Å²) < 4.78 is 0. The zero-order valence-electron chi connectivity index (χ0n) is 9.70. The first-order valence-electron chi connectivity index (χ1n) is 5.76. The van der Waals surface area contributed by atoms with E-state index in [4.69, 9.17) is 5.11 Å². The number of hydrogen-bond acceptors (Lipinski definition) is 3. The number of carboxylic acids is 1. The van der Waals surface area contributed by atoms with Crippen molar-refractivity contribution in [2.75, 3.05) is 26.2 Å². The molecule has 0 unspecified atom stereocenters. The van der Waals surface area contributed by atoms with Gasteiger partial charge in [0, 0.05) is 6.04 Å². The number of hydrogen-bond donors (Lipinski definition) is 2. The fourth-order valence-electron chi connectivity index (χ4n) is 2.06. The highest BCUT2D eigenvalue weighted by molar-refractivity contribution is 5.68. The number of piperidine rings is 1. The summed E-state index contributed by atoms with van der Waals surface area (Å²) in [6.07, 6.45) is 2.37. The maximum Gasteiger partial charge on any atom is 0.317 e. The van der Waals surface area contributed by atoms with E-state index in [9.17, 15) is 4.79 Å². The second-order valence-electron chi connectivity index (χ2n) is 4.60. The van der Waals surface area contributed by atoms with Crippen LogP contribution in [0.15, 0.2) is 0 Å². The Hall–Kier alpha value is -0.610. The molecule has 2 N–H and O–H groups in total. The molecule has 0 atom stereocenters. The van der Waals surface area contributed by atoms with Gasteiger partial charge < -0.3 is 15.3 Å². The van der Waals surface area contributed by atoms with E-state index in [1.165, 1.54) is 12.8 Å². The van der Waals surface area contributed by atoms with Crippen LogP contribution in [-0.4, -0.2) is 48.2 Å². The van der Waals surface area contributed by atoms with Crippen LogP contribution in [0.4, 0.5) is 0 Å². The van der Waals surface area contributed by atoms with E-state index in [0.717, 1.165) is 19.6 Å². The van der Waals surface area contributed by atoms with Gasteiger partial charge in [0.25, 0.3) is 0 Å². The molecular weight excluding hydrogens is 192 g/mol. The smallest absolute Gasteiger partial charge is 0.317 e. The minimum absolute atomic E-state index is 0.0877. The molecule has 1 fully saturated rings. The molecule has 0 aromatic carbocycles. The van der Waals surface area contributed by atoms with Gasteiger partial charge in [-0.2, -0.15) is 0 Å². The third-order valence-electron chi connectivity index (χ3n) is 3.09. The fraction of sp³-hybridized carbons (Fsp3) is 0.909. The molecule has 1 rings (SSSR count). The van der Waals surface area contributed by atoms with E-state index < -0.39 is 5.97 Å². The van der Waals surface area contributed by atoms with Gasteiger partial charge in [0.1, 0.15) is 0 Å². The Morgan fingerprint density at radius 2 is 2.07 bits per heavy atom. The van der Waals surface area contributed by atoms with Crippen molar-refractivity contribution in [2.45, 2.75) is 32.7 Å². The molecule has 1 aliphatic heterocycles. The van der Waals surface area contributed by atoms with E-state index in [0.29, 0.717) is 12.0 Å². The summed E-state index contributed by atoms with van der Waals surface area (Å²) >= 11 is 0. The number of carboxylic acid groups (broad SMARTS) is 1. The Morgan fingerprint density at radius 1 is 1.47 bits per heavy atom. The van der Waals surface area contributed by atoms with Crippen molar-refractivity contribution < 1.29 is 9.90 Å². The van der Waals surface area contributed by atoms with Crippen molar-refractivity contribution in [3.63, 3.8) is 0 Å². The van der Waals surface area contributed by atoms with Crippen LogP contribution in [0.5, 0.6) is 0 Å². The van der Waals surface area contributed by atoms with Gasteiger partial charge in [-0.15, -0.1) is 0 Å². The van der Waals surface area contributed by atoms with Gasteiger partial charge in [0.05, 0.1) is 6.54 Å². The minimum Gasteiger partial charge on any atom is -0.480 e. The van der Waals surface area contributed by atoms with Crippen LogP contribution >= 0.6 is 0 Å². The lowest BCUT2D eigenvalue weighted by molar-refractivity contribution is -0.136. The highest BCUT2D eigenvalue weighted by atomic mass is 16.4. The second-order valence-corrected chi connectivity index (χ2v) is 4.60. The summed E-state index contributed by atoms with van der Waals surface area (Å²) in [7, 11) is 0. The molecule has 88 valence electrons. The average molecular weight is 214 g/mol. The first-order chi connectivity index (χ1) is 7.09. The largest absolute Gasteiger partial charge is 0.480 e. The molecule has 0 aliphatic carbocycles. The van der Waals surface area contributed by atoms with Gasteiger partial charge in [0.2, 0.25) is 0 Å². The van der Waals surface area contributed by atoms with E-state index >= 15 is 0 Å². The van der Waals surface area contributed by atoms with Crippen molar-refractivity contribution in [3.05, 3.63) is 0 Å². The number of likely N-dealkylation sites (tertiary alicyclic amines) is 1. The van der Waals surface area contributed by atoms with Crippen molar-refractivity contribution in [2.24, 2.45) is 5.92 Å². The zero-order valence-corrected chi connectivity index (χ0v) is 9.70. The number of aliphatic carboxylic acids is 1. The van der Waals surface area contributed by atoms with Gasteiger partial charge in [-0.25, -0.2) is 0 Å². The summed E-state index contributed by atoms with van der Waals surface area (Å²) in [6.45, 7) is 7.68. The van der Waals surface area contributed by atoms with Crippen LogP contribution in [0.1, 0.15) is 26.7 Å². The first-order valence-corrected chi connectivity index (χ1v) is 5.76. The van der Waals surface area contributed by atoms with Crippen molar-refractivity contribution in [1.29, 1.82) is 0 Å². The normalized spacial score (nSPS) is 19.7. The van der Waals surface area contributed by atoms with E-state index in [1.54, 1.807) is 0 Å². The standard InChI is InChI=1S/C11H22N2O2/c1-9(2)13-5-3-10(4-6-13)7-12-8-11(14)15/h9-10,12H,3-8H2,1-2H3,(H,14,15). The third kappa shape index (κ3) is 4.62. The fourth-order valence-corrected chi connectivity index (χ4v) is 2.06. The third-order valence-corrected chi connectivity index (χ3v) is 3.09. The predicted octanol–water partition coefficient (Wildman–Crippen LogP) is 0.781. The molecule has 0 radical (unpaired) electrons. The molecule has 0 spiro atoms. The molecule has 0 aromatic rings. The number of nitrogens with one attached hydrogen (secondary N) is 1. The van der Waals surface area contributed by atoms with Crippen molar-refractivity contribution in [1.82, 2.24) is 10.2 Å². The molecule has 0 bridgehead atoms. The van der Waals surface area contributed by atoms with Crippen molar-refractivity contribution in [3.8, 4) is 0 Å². The molecular formula is C11H22N2O2. The summed E-state index contributed by atoms with van der Waals surface area (Å²) in [5.74, 6) is -0.117. The Morgan fingerprint density at radius 3 is 2.53 bits per heavy atom. The molecule has 0 aromatic heterocycles. The molecule has 1 saturated heterocycles. The zero-order chi connectivity index (χ0) is 11.3. The molecule has 0 amide bonds. The lowest BCUT2D eigenvalue weighted by Crippen LogP contribution is -2.41. The topological polar surface area (TPSA) is 52.6 Å². The van der Waals surface area contributed by atoms with E-state index in [2.05, 4.69) is 24.1 Å². The van der Waals surface area contributed by atoms with E-state index in [-0.39, 0.29) is 6.54 Å². The van der Waals surface area contributed by atoms with E-state index in [1.807, 2.05) is 0 Å². The van der Waals surface area contributed by atoms with Crippen molar-refractivity contribution >= 4 is 5.97 Å². The molecule has 4 heteroatoms. The quantitative estimate of drug-likeness (QED) is 0.710. The maximum atomic E-state index is 10.3. The molecule has 4 nitrogen and oxygen atoms in total. The molecule has 0 saturated carbocycles. The lowest BCUT2D eigenvalue weighted by atomic mass is 9.96. The second kappa shape index (κ2) is 6.08. The summed E-state index contributed by atoms with van der Waals surface area (Å²) in [4.78, 5) is 12.8. The van der Waals surface area contributed by atoms with Gasteiger partial charge in [-0.05, 0) is 52.2 Å². The number of rotatable bonds is 5. The average Bonchev–Trinajstić information content (AvgIpc) is 2.18. The summed E-state index contributed by atoms with van der Waals surface area (Å²) in [5, 5.41) is 11.5. The van der Waals surface area contributed by atoms with Gasteiger partial charge in [0.15, 0.2) is 0 Å². The van der Waals surface area contributed by atoms with Gasteiger partial charge >= 0.3 is 5.97 Å². The Labute approximate surface area is 91.6 Å². The lowest BCUT2D eigenvalue weighted by Gasteiger charge is -2.34. The Kier molecular flexibility index (Phi) is 5.05. The highest BCUT2D eigenvalue weighted by Crippen LogP contribution is 2.17. The van der Waals surface area contributed by atoms with Gasteiger partial charge in [-0.3, -0.25) is 4.79 Å². The number of nitrogens with zero attached hydrogens (tertiary/aromatic N) is 1. The van der Waals surface area contributed by atoms with Crippen LogP contribution in [0.2, 0.25) is 0 Å². The van der Waals surface area contributed by atoms with Gasteiger partial charge in [-0.1, -0.05) is 0 Å². The molecule has 1 aliphatic rings. The summed E-state index contributed by atoms with van der Waals surface area (Å²) in [5.41, 5.74) is 0. The monoisotopic (exact) mass is 214 g/mol. The maximum absolute atomic E-state index is 10.3. The highest BCUT2D eigenvalue weighted by Gasteiger charge is 2.20.